The number of amides is 2. The number of anilines is 1. The number of aromatic nitrogens is 3. The number of aryl methyl sites for hydroxylation is 1. The van der Waals surface area contributed by atoms with Crippen molar-refractivity contribution in [1.82, 2.24) is 19.9 Å². The molecular weight excluding hydrogens is 406 g/mol. The van der Waals surface area contributed by atoms with Gasteiger partial charge in [0, 0.05) is 30.7 Å². The third kappa shape index (κ3) is 4.44. The van der Waals surface area contributed by atoms with Gasteiger partial charge in [-0.1, -0.05) is 12.1 Å². The van der Waals surface area contributed by atoms with Crippen LogP contribution in [-0.2, 0) is 0 Å². The number of likely N-dealkylation sites (tertiary alicyclic amines) is 1. The van der Waals surface area contributed by atoms with Crippen molar-refractivity contribution in [3.8, 4) is 5.75 Å². The Morgan fingerprint density at radius 2 is 1.91 bits per heavy atom. The van der Waals surface area contributed by atoms with E-state index in [2.05, 4.69) is 20.3 Å². The zero-order valence-corrected chi connectivity index (χ0v) is 18.1. The fraction of sp³-hybridized carbons (Fsp3) is 0.292. The number of para-hydroxylation sites is 2. The summed E-state index contributed by atoms with van der Waals surface area (Å²) in [7, 11) is 1.55. The highest BCUT2D eigenvalue weighted by atomic mass is 16.5. The first kappa shape index (κ1) is 21.4. The van der Waals surface area contributed by atoms with Gasteiger partial charge in [-0.25, -0.2) is 9.97 Å². The number of hydrogen-bond acceptors (Lipinski definition) is 6. The number of nitrogens with zero attached hydrogens (tertiary/aromatic N) is 4. The molecule has 0 saturated carbocycles. The summed E-state index contributed by atoms with van der Waals surface area (Å²) >= 11 is 0. The molecule has 0 aliphatic carbocycles. The predicted molar refractivity (Wildman–Crippen MR) is 120 cm³/mol. The Balaban J connectivity index is 1.56. The van der Waals surface area contributed by atoms with Crippen molar-refractivity contribution in [3.63, 3.8) is 0 Å². The molecule has 1 saturated heterocycles. The van der Waals surface area contributed by atoms with Crippen LogP contribution < -0.4 is 10.1 Å². The van der Waals surface area contributed by atoms with Crippen molar-refractivity contribution in [2.75, 3.05) is 19.0 Å². The summed E-state index contributed by atoms with van der Waals surface area (Å²) in [5.74, 6) is 0.755. The molecular formula is C24H25N5O3. The monoisotopic (exact) mass is 431 g/mol. The maximum atomic E-state index is 13.1. The highest BCUT2D eigenvalue weighted by Crippen LogP contribution is 2.31. The largest absolute Gasteiger partial charge is 0.495 e. The molecule has 3 aromatic rings. The molecule has 4 rings (SSSR count). The van der Waals surface area contributed by atoms with E-state index in [4.69, 9.17) is 4.74 Å². The molecule has 1 fully saturated rings. The molecule has 0 spiro atoms. The lowest BCUT2D eigenvalue weighted by atomic mass is 10.00. The van der Waals surface area contributed by atoms with Gasteiger partial charge in [0.1, 0.15) is 5.75 Å². The molecule has 32 heavy (non-hydrogen) atoms. The van der Waals surface area contributed by atoms with E-state index in [1.807, 2.05) is 17.0 Å². The second-order valence-electron chi connectivity index (χ2n) is 7.63. The Labute approximate surface area is 186 Å². The van der Waals surface area contributed by atoms with Gasteiger partial charge < -0.3 is 15.0 Å². The Bertz CT molecular complexity index is 1120. The normalized spacial score (nSPS) is 15.8. The maximum absolute atomic E-state index is 13.1. The lowest BCUT2D eigenvalue weighted by molar-refractivity contribution is 0.0599. The van der Waals surface area contributed by atoms with Gasteiger partial charge in [0.25, 0.3) is 11.8 Å². The van der Waals surface area contributed by atoms with E-state index in [0.29, 0.717) is 40.6 Å². The van der Waals surface area contributed by atoms with Crippen LogP contribution in [-0.4, -0.2) is 45.3 Å². The number of nitrogens with one attached hydrogen (secondary N) is 1. The number of methoxy groups -OCH3 is 1. The molecule has 0 unspecified atom stereocenters. The van der Waals surface area contributed by atoms with E-state index in [0.717, 1.165) is 19.3 Å². The molecule has 0 bridgehead atoms. The maximum Gasteiger partial charge on any atom is 0.259 e. The average Bonchev–Trinajstić information content (AvgIpc) is 2.84. The highest BCUT2D eigenvalue weighted by molar-refractivity contribution is 6.05. The van der Waals surface area contributed by atoms with Gasteiger partial charge >= 0.3 is 0 Å². The van der Waals surface area contributed by atoms with Crippen molar-refractivity contribution in [2.45, 2.75) is 32.2 Å². The van der Waals surface area contributed by atoms with Gasteiger partial charge in [-0.05, 0) is 50.5 Å². The standard InChI is InChI=1S/C24H25N5O3/c1-16-18(23(30)28-19-7-3-4-9-21(19)32-2)15-26-22(27-16)20-8-5-6-14-29(20)24(31)17-10-12-25-13-11-17/h3-4,7,9-13,15,20H,5-6,8,14H2,1-2H3,(H,28,30)/t20-/m1/s1. The fourth-order valence-electron chi connectivity index (χ4n) is 3.91. The number of ether oxygens (including phenoxy) is 1. The Morgan fingerprint density at radius 1 is 1.12 bits per heavy atom. The predicted octanol–water partition coefficient (Wildman–Crippen LogP) is 3.81. The van der Waals surface area contributed by atoms with Crippen LogP contribution in [0.1, 0.15) is 57.5 Å². The van der Waals surface area contributed by atoms with E-state index in [1.54, 1.807) is 50.7 Å². The van der Waals surface area contributed by atoms with Crippen LogP contribution >= 0.6 is 0 Å². The topological polar surface area (TPSA) is 97.3 Å². The summed E-state index contributed by atoms with van der Waals surface area (Å²) in [5, 5.41) is 2.85. The van der Waals surface area contributed by atoms with Gasteiger partial charge in [0.15, 0.2) is 5.82 Å². The zero-order valence-electron chi connectivity index (χ0n) is 18.1. The second kappa shape index (κ2) is 9.55. The van der Waals surface area contributed by atoms with E-state index in [9.17, 15) is 9.59 Å². The molecule has 1 atom stereocenters. The molecule has 2 amide bonds. The van der Waals surface area contributed by atoms with Gasteiger partial charge in [-0.3, -0.25) is 14.6 Å². The number of carbonyl (C=O) groups is 2. The van der Waals surface area contributed by atoms with E-state index >= 15 is 0 Å². The first-order chi connectivity index (χ1) is 15.6. The molecule has 2 aromatic heterocycles. The first-order valence-electron chi connectivity index (χ1n) is 10.6. The molecule has 1 aromatic carbocycles. The Kier molecular flexibility index (Phi) is 6.39. The number of rotatable bonds is 5. The van der Waals surface area contributed by atoms with Crippen LogP contribution in [0.2, 0.25) is 0 Å². The number of piperidine rings is 1. The zero-order chi connectivity index (χ0) is 22.5. The van der Waals surface area contributed by atoms with Crippen molar-refractivity contribution in [2.24, 2.45) is 0 Å². The van der Waals surface area contributed by atoms with Crippen molar-refractivity contribution < 1.29 is 14.3 Å². The van der Waals surface area contributed by atoms with Gasteiger partial charge in [0.2, 0.25) is 0 Å². The highest BCUT2D eigenvalue weighted by Gasteiger charge is 2.31. The van der Waals surface area contributed by atoms with Gasteiger partial charge in [0.05, 0.1) is 30.1 Å². The minimum atomic E-state index is -0.313. The molecule has 0 radical (unpaired) electrons. The minimum absolute atomic E-state index is 0.0589. The van der Waals surface area contributed by atoms with Crippen LogP contribution in [0.15, 0.2) is 55.0 Å². The molecule has 8 heteroatoms. The molecule has 3 heterocycles. The summed E-state index contributed by atoms with van der Waals surface area (Å²) in [6, 6.07) is 10.4. The number of hydrogen-bond donors (Lipinski definition) is 1. The average molecular weight is 431 g/mol. The van der Waals surface area contributed by atoms with Gasteiger partial charge in [-0.2, -0.15) is 0 Å². The van der Waals surface area contributed by atoms with Crippen LogP contribution in [0, 0.1) is 6.92 Å². The van der Waals surface area contributed by atoms with E-state index in [1.165, 1.54) is 6.20 Å². The third-order valence-electron chi connectivity index (χ3n) is 5.59. The molecule has 164 valence electrons. The number of pyridine rings is 1. The van der Waals surface area contributed by atoms with Gasteiger partial charge in [-0.15, -0.1) is 0 Å². The van der Waals surface area contributed by atoms with Crippen molar-refractivity contribution in [3.05, 3.63) is 77.6 Å². The van der Waals surface area contributed by atoms with Crippen molar-refractivity contribution >= 4 is 17.5 Å². The molecule has 8 nitrogen and oxygen atoms in total. The third-order valence-corrected chi connectivity index (χ3v) is 5.59. The lowest BCUT2D eigenvalue weighted by Crippen LogP contribution is -2.39. The summed E-state index contributed by atoms with van der Waals surface area (Å²) in [5.41, 5.74) is 2.10. The summed E-state index contributed by atoms with van der Waals surface area (Å²) in [6.45, 7) is 2.42. The quantitative estimate of drug-likeness (QED) is 0.660. The van der Waals surface area contributed by atoms with Crippen LogP contribution in [0.5, 0.6) is 5.75 Å². The first-order valence-corrected chi connectivity index (χ1v) is 10.6. The summed E-state index contributed by atoms with van der Waals surface area (Å²) in [6.07, 6.45) is 7.47. The number of benzene rings is 1. The summed E-state index contributed by atoms with van der Waals surface area (Å²) < 4.78 is 5.29. The molecule has 1 aliphatic rings. The second-order valence-corrected chi connectivity index (χ2v) is 7.63. The number of carbonyl (C=O) groups excluding carboxylic acids is 2. The summed E-state index contributed by atoms with van der Waals surface area (Å²) in [4.78, 5) is 40.8. The Hall–Kier alpha value is -3.81. The van der Waals surface area contributed by atoms with E-state index < -0.39 is 0 Å². The lowest BCUT2D eigenvalue weighted by Gasteiger charge is -2.35. The van der Waals surface area contributed by atoms with Crippen LogP contribution in [0.4, 0.5) is 5.69 Å². The Morgan fingerprint density at radius 3 is 2.66 bits per heavy atom. The fourth-order valence-corrected chi connectivity index (χ4v) is 3.91. The van der Waals surface area contributed by atoms with Crippen molar-refractivity contribution in [1.29, 1.82) is 0 Å². The molecule has 1 N–H and O–H groups in total. The smallest absolute Gasteiger partial charge is 0.259 e. The SMILES string of the molecule is COc1ccccc1NC(=O)c1cnc([C@H]2CCCCN2C(=O)c2ccncc2)nc1C. The molecule has 1 aliphatic heterocycles. The van der Waals surface area contributed by atoms with Crippen LogP contribution in [0.25, 0.3) is 0 Å². The van der Waals surface area contributed by atoms with E-state index in [-0.39, 0.29) is 17.9 Å². The van der Waals surface area contributed by atoms with Crippen LogP contribution in [0.3, 0.4) is 0 Å². The minimum Gasteiger partial charge on any atom is -0.495 e.